The molecular formula is C29H26O2S3. The second-order valence-corrected chi connectivity index (χ2v) is 10.9. The van der Waals surface area contributed by atoms with Crippen molar-refractivity contribution in [2.24, 2.45) is 0 Å². The summed E-state index contributed by atoms with van der Waals surface area (Å²) in [5.74, 6) is 0.131. The first kappa shape index (κ1) is 25.9. The van der Waals surface area contributed by atoms with Crippen molar-refractivity contribution in [3.05, 3.63) is 114 Å². The zero-order chi connectivity index (χ0) is 24.5. The molecule has 0 amide bonds. The summed E-state index contributed by atoms with van der Waals surface area (Å²) in [7, 11) is 0. The minimum atomic E-state index is 0.0490. The lowest BCUT2D eigenvalue weighted by Gasteiger charge is -2.06. The Morgan fingerprint density at radius 1 is 0.676 bits per heavy atom. The third kappa shape index (κ3) is 7.94. The Morgan fingerprint density at radius 3 is 1.47 bits per heavy atom. The first-order valence-electron chi connectivity index (χ1n) is 10.7. The van der Waals surface area contributed by atoms with E-state index in [1.54, 1.807) is 55.2 Å². The summed E-state index contributed by atoms with van der Waals surface area (Å²) in [5.41, 5.74) is 1.42. The van der Waals surface area contributed by atoms with Crippen molar-refractivity contribution in [3.63, 3.8) is 0 Å². The summed E-state index contributed by atoms with van der Waals surface area (Å²) in [6.45, 7) is 9.07. The summed E-state index contributed by atoms with van der Waals surface area (Å²) in [6.07, 6.45) is 5.49. The lowest BCUT2D eigenvalue weighted by atomic mass is 10.1. The second kappa shape index (κ2) is 12.7. The van der Waals surface area contributed by atoms with Crippen LogP contribution in [0.1, 0.15) is 31.1 Å². The molecule has 3 aromatic carbocycles. The molecule has 0 fully saturated rings. The van der Waals surface area contributed by atoms with Gasteiger partial charge in [0.15, 0.2) is 11.6 Å². The van der Waals surface area contributed by atoms with E-state index in [-0.39, 0.29) is 11.6 Å². The van der Waals surface area contributed by atoms with Crippen LogP contribution in [-0.4, -0.2) is 11.6 Å². The van der Waals surface area contributed by atoms with Crippen molar-refractivity contribution in [2.75, 3.05) is 0 Å². The zero-order valence-electron chi connectivity index (χ0n) is 19.4. The van der Waals surface area contributed by atoms with E-state index in [0.29, 0.717) is 5.57 Å². The van der Waals surface area contributed by atoms with Crippen molar-refractivity contribution in [1.29, 1.82) is 0 Å². The van der Waals surface area contributed by atoms with Crippen molar-refractivity contribution in [3.8, 4) is 0 Å². The van der Waals surface area contributed by atoms with Gasteiger partial charge in [-0.05, 0) is 87.5 Å². The van der Waals surface area contributed by atoms with E-state index < -0.39 is 0 Å². The molecule has 172 valence electrons. The smallest absolute Gasteiger partial charge is 0.159 e. The molecule has 0 saturated carbocycles. The van der Waals surface area contributed by atoms with Crippen molar-refractivity contribution < 1.29 is 9.59 Å². The number of hydrogen-bond donors (Lipinski definition) is 0. The molecule has 0 aromatic heterocycles. The van der Waals surface area contributed by atoms with Gasteiger partial charge in [0.25, 0.3) is 0 Å². The van der Waals surface area contributed by atoms with Crippen molar-refractivity contribution in [2.45, 2.75) is 45.2 Å². The van der Waals surface area contributed by atoms with Gasteiger partial charge < -0.3 is 0 Å². The normalized spacial score (nSPS) is 11.6. The fourth-order valence-corrected chi connectivity index (χ4v) is 5.31. The van der Waals surface area contributed by atoms with Crippen molar-refractivity contribution >= 4 is 46.9 Å². The van der Waals surface area contributed by atoms with Crippen LogP contribution >= 0.6 is 35.3 Å². The van der Waals surface area contributed by atoms with Gasteiger partial charge in [-0.1, -0.05) is 66.1 Å². The molecule has 2 nitrogen and oxygen atoms in total. The van der Waals surface area contributed by atoms with Gasteiger partial charge in [-0.3, -0.25) is 9.59 Å². The summed E-state index contributed by atoms with van der Waals surface area (Å²) in [6, 6.07) is 24.6. The number of Topliss-reactive ketones (excluding diaryl/α,β-unsaturated/α-hetero) is 2. The Labute approximate surface area is 214 Å². The van der Waals surface area contributed by atoms with E-state index in [1.165, 1.54) is 9.79 Å². The average molecular weight is 503 g/mol. The van der Waals surface area contributed by atoms with Gasteiger partial charge in [-0.2, -0.15) is 0 Å². The van der Waals surface area contributed by atoms with Crippen LogP contribution in [0.15, 0.2) is 133 Å². The fourth-order valence-electron chi connectivity index (χ4n) is 2.97. The number of ketones is 2. The summed E-state index contributed by atoms with van der Waals surface area (Å²) < 4.78 is 0. The quantitative estimate of drug-likeness (QED) is 0.120. The molecule has 34 heavy (non-hydrogen) atoms. The minimum Gasteiger partial charge on any atom is -0.295 e. The van der Waals surface area contributed by atoms with Crippen LogP contribution < -0.4 is 0 Å². The summed E-state index contributed by atoms with van der Waals surface area (Å²) >= 11 is 4.98. The Morgan fingerprint density at radius 2 is 1.09 bits per heavy atom. The van der Waals surface area contributed by atoms with Gasteiger partial charge >= 0.3 is 0 Å². The molecular weight excluding hydrogens is 477 g/mol. The number of carbonyl (C=O) groups excluding carboxylic acids is 2. The van der Waals surface area contributed by atoms with E-state index in [1.807, 2.05) is 43.3 Å². The second-order valence-electron chi connectivity index (χ2n) is 7.43. The van der Waals surface area contributed by atoms with Crippen LogP contribution in [0.4, 0.5) is 0 Å². The Bertz CT molecular complexity index is 1220. The SMILES string of the molecule is C=C(/C=C\C(=C/C)C(C)=O)Sc1ccc(Sc2ccc(Sc3ccc(C(C)=O)cc3)cc2)cc1. The highest BCUT2D eigenvalue weighted by Gasteiger charge is 2.04. The Balaban J connectivity index is 1.54. The molecule has 3 rings (SSSR count). The number of carbonyl (C=O) groups is 2. The summed E-state index contributed by atoms with van der Waals surface area (Å²) in [5, 5.41) is 0. The molecule has 0 aliphatic rings. The lowest BCUT2D eigenvalue weighted by molar-refractivity contribution is -0.113. The van der Waals surface area contributed by atoms with Crippen LogP contribution in [-0.2, 0) is 4.79 Å². The Hall–Kier alpha value is -2.73. The van der Waals surface area contributed by atoms with Gasteiger partial charge in [-0.15, -0.1) is 0 Å². The van der Waals surface area contributed by atoms with E-state index in [2.05, 4.69) is 55.1 Å². The molecule has 0 radical (unpaired) electrons. The van der Waals surface area contributed by atoms with Gasteiger partial charge in [0.05, 0.1) is 0 Å². The first-order chi connectivity index (χ1) is 16.3. The van der Waals surface area contributed by atoms with Crippen LogP contribution in [0.5, 0.6) is 0 Å². The highest BCUT2D eigenvalue weighted by Crippen LogP contribution is 2.34. The van der Waals surface area contributed by atoms with E-state index in [9.17, 15) is 9.59 Å². The number of hydrogen-bond acceptors (Lipinski definition) is 5. The Kier molecular flexibility index (Phi) is 9.63. The number of thioether (sulfide) groups is 1. The van der Waals surface area contributed by atoms with Crippen LogP contribution in [0.3, 0.4) is 0 Å². The maximum atomic E-state index is 11.5. The molecule has 0 N–H and O–H groups in total. The average Bonchev–Trinajstić information content (AvgIpc) is 2.82. The molecule has 0 atom stereocenters. The molecule has 0 heterocycles. The van der Waals surface area contributed by atoms with Gasteiger partial charge in [0, 0.05) is 40.5 Å². The standard InChI is InChI=1S/C29H26O2S3/c1-5-23(21(3)30)7-6-20(2)32-25-12-14-27(15-13-25)34-29-18-16-28(17-19-29)33-26-10-8-24(9-11-26)22(4)31/h5-19H,2H2,1,3-4H3/b7-6-,23-5+. The van der Waals surface area contributed by atoms with Crippen LogP contribution in [0, 0.1) is 0 Å². The topological polar surface area (TPSA) is 34.1 Å². The first-order valence-corrected chi connectivity index (χ1v) is 13.2. The molecule has 0 spiro atoms. The minimum absolute atomic E-state index is 0.0490. The molecule has 0 unspecified atom stereocenters. The van der Waals surface area contributed by atoms with Gasteiger partial charge in [0.2, 0.25) is 0 Å². The number of rotatable bonds is 10. The molecule has 0 aliphatic carbocycles. The maximum absolute atomic E-state index is 11.5. The number of allylic oxidation sites excluding steroid dienone is 4. The van der Waals surface area contributed by atoms with E-state index in [0.717, 1.165) is 25.2 Å². The zero-order valence-corrected chi connectivity index (χ0v) is 21.9. The fraction of sp³-hybridized carbons (Fsp3) is 0.103. The van der Waals surface area contributed by atoms with Crippen molar-refractivity contribution in [1.82, 2.24) is 0 Å². The number of benzene rings is 3. The molecule has 0 bridgehead atoms. The predicted octanol–water partition coefficient (Wildman–Crippen LogP) is 8.89. The van der Waals surface area contributed by atoms with E-state index >= 15 is 0 Å². The van der Waals surface area contributed by atoms with Gasteiger partial charge in [0.1, 0.15) is 0 Å². The van der Waals surface area contributed by atoms with Gasteiger partial charge in [-0.25, -0.2) is 0 Å². The molecule has 5 heteroatoms. The monoisotopic (exact) mass is 502 g/mol. The van der Waals surface area contributed by atoms with Crippen LogP contribution in [0.25, 0.3) is 0 Å². The van der Waals surface area contributed by atoms with E-state index in [4.69, 9.17) is 0 Å². The third-order valence-electron chi connectivity index (χ3n) is 4.79. The summed E-state index contributed by atoms with van der Waals surface area (Å²) in [4.78, 5) is 29.5. The molecule has 3 aromatic rings. The highest BCUT2D eigenvalue weighted by molar-refractivity contribution is 8.03. The van der Waals surface area contributed by atoms with Crippen LogP contribution in [0.2, 0.25) is 0 Å². The predicted molar refractivity (Wildman–Crippen MR) is 146 cm³/mol. The molecule has 0 saturated heterocycles. The maximum Gasteiger partial charge on any atom is 0.159 e. The largest absolute Gasteiger partial charge is 0.295 e. The molecule has 0 aliphatic heterocycles. The lowest BCUT2D eigenvalue weighted by Crippen LogP contribution is -1.91. The third-order valence-corrected chi connectivity index (χ3v) is 7.73. The highest BCUT2D eigenvalue weighted by atomic mass is 32.2.